The number of carbonyl (C=O) groups is 1. The number of fused-ring (bicyclic) bond motifs is 1. The largest absolute Gasteiger partial charge is 0.495 e. The number of aromatic nitrogens is 1. The Morgan fingerprint density at radius 2 is 2.07 bits per heavy atom. The highest BCUT2D eigenvalue weighted by Gasteiger charge is 2.28. The molecule has 158 valence electrons. The minimum Gasteiger partial charge on any atom is -0.495 e. The number of amides is 1. The molecule has 3 aromatic rings. The number of hydrogen-bond acceptors (Lipinski definition) is 7. The highest BCUT2D eigenvalue weighted by atomic mass is 32.2. The first-order valence-electron chi connectivity index (χ1n) is 9.73. The third-order valence-corrected chi connectivity index (χ3v) is 6.92. The van der Waals surface area contributed by atoms with Crippen molar-refractivity contribution in [2.75, 3.05) is 38.5 Å². The molecule has 0 aliphatic carbocycles. The maximum Gasteiger partial charge on any atom is 0.260 e. The normalized spacial score (nSPS) is 16.0. The van der Waals surface area contributed by atoms with Gasteiger partial charge in [-0.05, 0) is 49.4 Å². The van der Waals surface area contributed by atoms with Crippen LogP contribution < -0.4 is 14.4 Å². The monoisotopic (exact) mass is 444 g/mol. The Hall–Kier alpha value is -2.29. The van der Waals surface area contributed by atoms with E-state index < -0.39 is 0 Å². The molecule has 8 heteroatoms. The van der Waals surface area contributed by atoms with Gasteiger partial charge in [-0.25, -0.2) is 4.98 Å². The second kappa shape index (κ2) is 9.24. The summed E-state index contributed by atoms with van der Waals surface area (Å²) in [6.07, 6.45) is 3.95. The summed E-state index contributed by atoms with van der Waals surface area (Å²) in [4.78, 5) is 21.1. The number of anilines is 1. The Morgan fingerprint density at radius 3 is 2.77 bits per heavy atom. The van der Waals surface area contributed by atoms with Crippen LogP contribution in [0.25, 0.3) is 10.2 Å². The molecule has 1 fully saturated rings. The minimum absolute atomic E-state index is 0.00786. The molecule has 0 bridgehead atoms. The fourth-order valence-corrected chi connectivity index (χ4v) is 5.08. The van der Waals surface area contributed by atoms with E-state index in [1.54, 1.807) is 30.9 Å². The van der Waals surface area contributed by atoms with E-state index in [0.29, 0.717) is 34.3 Å². The van der Waals surface area contributed by atoms with E-state index in [1.165, 1.54) is 11.3 Å². The Labute approximate surface area is 184 Å². The lowest BCUT2D eigenvalue weighted by molar-refractivity contribution is 0.0917. The van der Waals surface area contributed by atoms with E-state index in [4.69, 9.17) is 19.2 Å². The number of thiazole rings is 1. The van der Waals surface area contributed by atoms with Gasteiger partial charge in [-0.3, -0.25) is 9.69 Å². The third-order valence-electron chi connectivity index (χ3n) is 5.10. The molecule has 1 aromatic heterocycles. The first-order valence-corrected chi connectivity index (χ1v) is 11.8. The van der Waals surface area contributed by atoms with Crippen LogP contribution in [0.15, 0.2) is 41.3 Å². The van der Waals surface area contributed by atoms with Gasteiger partial charge >= 0.3 is 0 Å². The highest BCUT2D eigenvalue weighted by Crippen LogP contribution is 2.40. The number of methoxy groups -OCH3 is 2. The Morgan fingerprint density at radius 1 is 1.27 bits per heavy atom. The van der Waals surface area contributed by atoms with Gasteiger partial charge in [0.1, 0.15) is 21.7 Å². The van der Waals surface area contributed by atoms with Crippen LogP contribution >= 0.6 is 23.1 Å². The van der Waals surface area contributed by atoms with Gasteiger partial charge in [0.05, 0.1) is 26.9 Å². The number of benzene rings is 2. The maximum absolute atomic E-state index is 13.6. The van der Waals surface area contributed by atoms with E-state index in [2.05, 4.69) is 0 Å². The van der Waals surface area contributed by atoms with Crippen molar-refractivity contribution in [1.29, 1.82) is 0 Å². The van der Waals surface area contributed by atoms with Crippen molar-refractivity contribution in [3.05, 3.63) is 42.0 Å². The molecule has 0 N–H and O–H groups in total. The predicted molar refractivity (Wildman–Crippen MR) is 122 cm³/mol. The number of thioether (sulfide) groups is 1. The zero-order valence-corrected chi connectivity index (χ0v) is 18.8. The molecule has 4 rings (SSSR count). The van der Waals surface area contributed by atoms with E-state index in [0.717, 1.165) is 29.0 Å². The zero-order valence-electron chi connectivity index (χ0n) is 17.2. The molecular formula is C22H24N2O4S2. The van der Waals surface area contributed by atoms with Gasteiger partial charge in [-0.2, -0.15) is 0 Å². The molecule has 0 spiro atoms. The number of carbonyl (C=O) groups excluding carboxylic acids is 1. The molecule has 1 atom stereocenters. The predicted octanol–water partition coefficient (Wildman–Crippen LogP) is 4.86. The Balaban J connectivity index is 1.78. The van der Waals surface area contributed by atoms with Crippen LogP contribution in [-0.2, 0) is 4.74 Å². The molecule has 2 heterocycles. The van der Waals surface area contributed by atoms with E-state index in [1.807, 2.05) is 42.7 Å². The van der Waals surface area contributed by atoms with Gasteiger partial charge in [0, 0.05) is 17.1 Å². The number of hydrogen-bond donors (Lipinski definition) is 0. The Bertz CT molecular complexity index is 1010. The van der Waals surface area contributed by atoms with Crippen LogP contribution in [0.2, 0.25) is 0 Å². The second-order valence-corrected chi connectivity index (χ2v) is 8.78. The van der Waals surface area contributed by atoms with Crippen molar-refractivity contribution in [3.63, 3.8) is 0 Å². The zero-order chi connectivity index (χ0) is 21.1. The van der Waals surface area contributed by atoms with Crippen molar-refractivity contribution >= 4 is 44.4 Å². The lowest BCUT2D eigenvalue weighted by atomic mass is 10.2. The van der Waals surface area contributed by atoms with Gasteiger partial charge < -0.3 is 14.2 Å². The third kappa shape index (κ3) is 4.12. The van der Waals surface area contributed by atoms with Crippen molar-refractivity contribution < 1.29 is 19.0 Å². The summed E-state index contributed by atoms with van der Waals surface area (Å²) in [5.74, 6) is 1.28. The van der Waals surface area contributed by atoms with E-state index in [9.17, 15) is 4.79 Å². The molecule has 1 aliphatic heterocycles. The van der Waals surface area contributed by atoms with Crippen molar-refractivity contribution in [3.8, 4) is 11.5 Å². The lowest BCUT2D eigenvalue weighted by Crippen LogP contribution is -2.37. The topological polar surface area (TPSA) is 60.9 Å². The van der Waals surface area contributed by atoms with Crippen molar-refractivity contribution in [2.45, 2.75) is 23.8 Å². The van der Waals surface area contributed by atoms with Crippen LogP contribution in [0, 0.1) is 0 Å². The smallest absolute Gasteiger partial charge is 0.260 e. The number of rotatable bonds is 7. The van der Waals surface area contributed by atoms with Gasteiger partial charge in [0.2, 0.25) is 0 Å². The quantitative estimate of drug-likeness (QED) is 0.485. The summed E-state index contributed by atoms with van der Waals surface area (Å²) in [6.45, 7) is 1.20. The van der Waals surface area contributed by atoms with Crippen LogP contribution in [0.3, 0.4) is 0 Å². The van der Waals surface area contributed by atoms with Crippen LogP contribution in [-0.4, -0.2) is 50.6 Å². The first kappa shape index (κ1) is 21.0. The number of nitrogens with zero attached hydrogens (tertiary/aromatic N) is 2. The minimum atomic E-state index is -0.0848. The molecule has 0 saturated carbocycles. The van der Waals surface area contributed by atoms with E-state index >= 15 is 0 Å². The second-order valence-electron chi connectivity index (χ2n) is 6.93. The van der Waals surface area contributed by atoms with Gasteiger partial charge in [-0.15, -0.1) is 11.8 Å². The summed E-state index contributed by atoms with van der Waals surface area (Å²) in [5, 5.41) is 0.614. The Kier molecular flexibility index (Phi) is 6.46. The standard InChI is InChI=1S/C22H24N2O4S2/c1-26-17-9-10-18(27-2)20-19(17)23-22(30-20)24(13-15-7-5-11-28-15)21(25)14-6-4-8-16(12-14)29-3/h4,6,8-10,12,15H,5,7,11,13H2,1-3H3. The molecule has 1 unspecified atom stereocenters. The molecule has 0 radical (unpaired) electrons. The van der Waals surface area contributed by atoms with Crippen LogP contribution in [0.4, 0.5) is 5.13 Å². The summed E-state index contributed by atoms with van der Waals surface area (Å²) < 4.78 is 17.7. The van der Waals surface area contributed by atoms with Crippen molar-refractivity contribution in [2.24, 2.45) is 0 Å². The summed E-state index contributed by atoms with van der Waals surface area (Å²) in [7, 11) is 3.24. The number of ether oxygens (including phenoxy) is 3. The highest BCUT2D eigenvalue weighted by molar-refractivity contribution is 7.98. The van der Waals surface area contributed by atoms with Gasteiger partial charge in [0.25, 0.3) is 5.91 Å². The average molecular weight is 445 g/mol. The SMILES string of the molecule is COc1ccc(OC)c2sc(N(CC3CCCO3)C(=O)c3cccc(SC)c3)nc12. The average Bonchev–Trinajstić information content (AvgIpc) is 3.46. The summed E-state index contributed by atoms with van der Waals surface area (Å²) in [5.41, 5.74) is 1.33. The van der Waals surface area contributed by atoms with Crippen LogP contribution in [0.5, 0.6) is 11.5 Å². The van der Waals surface area contributed by atoms with Gasteiger partial charge in [-0.1, -0.05) is 17.4 Å². The molecular weight excluding hydrogens is 420 g/mol. The fourth-order valence-electron chi connectivity index (χ4n) is 3.54. The lowest BCUT2D eigenvalue weighted by Gasteiger charge is -2.23. The van der Waals surface area contributed by atoms with Gasteiger partial charge in [0.15, 0.2) is 5.13 Å². The first-order chi connectivity index (χ1) is 14.6. The fraction of sp³-hybridized carbons (Fsp3) is 0.364. The molecule has 1 saturated heterocycles. The van der Waals surface area contributed by atoms with Crippen molar-refractivity contribution in [1.82, 2.24) is 4.98 Å². The molecule has 1 aliphatic rings. The van der Waals surface area contributed by atoms with Crippen LogP contribution in [0.1, 0.15) is 23.2 Å². The molecule has 30 heavy (non-hydrogen) atoms. The maximum atomic E-state index is 13.6. The molecule has 2 aromatic carbocycles. The summed E-state index contributed by atoms with van der Waals surface area (Å²) >= 11 is 3.04. The molecule has 6 nitrogen and oxygen atoms in total. The summed E-state index contributed by atoms with van der Waals surface area (Å²) in [6, 6.07) is 11.4. The van der Waals surface area contributed by atoms with E-state index in [-0.39, 0.29) is 12.0 Å². The molecule has 1 amide bonds.